The molecule has 1 fully saturated rings. The fourth-order valence-corrected chi connectivity index (χ4v) is 7.91. The fraction of sp³-hybridized carbons (Fsp3) is 0.409. The SMILES string of the molecule is CN(C)c1ccc(/N=N/c2ccc(C(=O)NCc3cn(CCOCCO[C@H](O[C@@H]4O[C@H](CO)[C@H](O)[C@H](O)[C@H]4O)[C@@](C)(Br)C(=O)NCCNc4cccc5c(S(=O)(=O)O)cccc45)nn3)cc2)cc1. The van der Waals surface area contributed by atoms with E-state index in [1.54, 1.807) is 54.7 Å². The highest BCUT2D eigenvalue weighted by Crippen LogP contribution is 2.32. The summed E-state index contributed by atoms with van der Waals surface area (Å²) in [5.41, 5.74) is 3.82. The first kappa shape index (κ1) is 51.9. The van der Waals surface area contributed by atoms with Crippen LogP contribution in [0.15, 0.2) is 106 Å². The van der Waals surface area contributed by atoms with Gasteiger partial charge in [-0.05, 0) is 67.6 Å². The van der Waals surface area contributed by atoms with E-state index >= 15 is 0 Å². The van der Waals surface area contributed by atoms with Gasteiger partial charge in [0.15, 0.2) is 16.9 Å². The molecule has 1 aliphatic rings. The lowest BCUT2D eigenvalue weighted by molar-refractivity contribution is -0.339. The van der Waals surface area contributed by atoms with E-state index in [-0.39, 0.29) is 56.8 Å². The van der Waals surface area contributed by atoms with Crippen LogP contribution in [0.2, 0.25) is 0 Å². The number of aliphatic hydroxyl groups excluding tert-OH is 4. The minimum absolute atomic E-state index is 0.00483. The number of nitrogens with zero attached hydrogens (tertiary/aromatic N) is 6. The topological polar surface area (TPSA) is 301 Å². The zero-order chi connectivity index (χ0) is 49.0. The molecule has 2 amide bonds. The van der Waals surface area contributed by atoms with Crippen LogP contribution in [0.1, 0.15) is 23.0 Å². The first-order valence-corrected chi connectivity index (χ1v) is 23.5. The summed E-state index contributed by atoms with van der Waals surface area (Å²) in [7, 11) is -0.567. The van der Waals surface area contributed by atoms with Crippen molar-refractivity contribution in [2.75, 3.05) is 63.8 Å². The Morgan fingerprint density at radius 2 is 1.57 bits per heavy atom. The predicted octanol–water partition coefficient (Wildman–Crippen LogP) is 2.65. The molecule has 1 saturated heterocycles. The molecular weight excluding hydrogens is 975 g/mol. The Kier molecular flexibility index (Phi) is 18.1. The van der Waals surface area contributed by atoms with Crippen molar-refractivity contribution in [2.24, 2.45) is 10.2 Å². The van der Waals surface area contributed by atoms with E-state index in [1.807, 2.05) is 43.3 Å². The quantitative estimate of drug-likeness (QED) is 0.0153. The fourth-order valence-electron chi connectivity index (χ4n) is 6.83. The summed E-state index contributed by atoms with van der Waals surface area (Å²) in [6, 6.07) is 23.7. The summed E-state index contributed by atoms with van der Waals surface area (Å²) in [6.45, 7) is 1.37. The minimum Gasteiger partial charge on any atom is -0.394 e. The molecule has 366 valence electrons. The zero-order valence-corrected chi connectivity index (χ0v) is 39.7. The number of nitrogens with one attached hydrogen (secondary N) is 3. The van der Waals surface area contributed by atoms with Gasteiger partial charge in [0.05, 0.1) is 57.1 Å². The number of alkyl halides is 1. The molecule has 68 heavy (non-hydrogen) atoms. The Labute approximate surface area is 400 Å². The van der Waals surface area contributed by atoms with Crippen LogP contribution in [0.25, 0.3) is 10.8 Å². The molecule has 1 aliphatic heterocycles. The average Bonchev–Trinajstić information content (AvgIpc) is 3.79. The molecule has 2 heterocycles. The summed E-state index contributed by atoms with van der Waals surface area (Å²) >= 11 is 3.39. The van der Waals surface area contributed by atoms with E-state index < -0.39 is 64.0 Å². The van der Waals surface area contributed by atoms with Crippen LogP contribution in [0, 0.1) is 0 Å². The summed E-state index contributed by atoms with van der Waals surface area (Å²) in [5, 5.41) is 67.3. The number of aliphatic hydroxyl groups is 4. The van der Waals surface area contributed by atoms with E-state index in [1.165, 1.54) is 23.7 Å². The first-order valence-electron chi connectivity index (χ1n) is 21.3. The van der Waals surface area contributed by atoms with Crippen LogP contribution in [0.4, 0.5) is 22.7 Å². The zero-order valence-electron chi connectivity index (χ0n) is 37.3. The highest BCUT2D eigenvalue weighted by molar-refractivity contribution is 9.10. The molecule has 6 rings (SSSR count). The monoisotopic (exact) mass is 1030 g/mol. The van der Waals surface area contributed by atoms with E-state index in [9.17, 15) is 43.0 Å². The molecule has 0 saturated carbocycles. The van der Waals surface area contributed by atoms with Crippen LogP contribution in [0.3, 0.4) is 0 Å². The third-order valence-corrected chi connectivity index (χ3v) is 12.3. The molecule has 0 spiro atoms. The molecule has 0 radical (unpaired) electrons. The summed E-state index contributed by atoms with van der Waals surface area (Å²) in [5.74, 6) is -0.940. The summed E-state index contributed by atoms with van der Waals surface area (Å²) in [6.07, 6.45) is -7.99. The molecule has 0 unspecified atom stereocenters. The Hall–Kier alpha value is -5.51. The maximum atomic E-state index is 13.6. The Morgan fingerprint density at radius 3 is 2.25 bits per heavy atom. The molecule has 4 aromatic carbocycles. The van der Waals surface area contributed by atoms with Gasteiger partial charge in [0.2, 0.25) is 5.91 Å². The predicted molar refractivity (Wildman–Crippen MR) is 251 cm³/mol. The lowest BCUT2D eigenvalue weighted by Crippen LogP contribution is -2.61. The van der Waals surface area contributed by atoms with Crippen molar-refractivity contribution in [2.45, 2.75) is 66.2 Å². The van der Waals surface area contributed by atoms with Gasteiger partial charge in [-0.1, -0.05) is 45.4 Å². The number of anilines is 2. The normalized spacial score (nSPS) is 19.9. The van der Waals surface area contributed by atoms with Gasteiger partial charge >= 0.3 is 0 Å². The number of halogens is 1. The van der Waals surface area contributed by atoms with Gasteiger partial charge in [-0.3, -0.25) is 14.1 Å². The molecule has 22 nitrogen and oxygen atoms in total. The number of benzene rings is 4. The molecule has 7 atom stereocenters. The second-order valence-electron chi connectivity index (χ2n) is 15.9. The Balaban J connectivity index is 0.968. The van der Waals surface area contributed by atoms with Crippen molar-refractivity contribution in [3.8, 4) is 0 Å². The lowest BCUT2D eigenvalue weighted by atomic mass is 9.99. The van der Waals surface area contributed by atoms with E-state index in [2.05, 4.69) is 52.4 Å². The highest BCUT2D eigenvalue weighted by Gasteiger charge is 2.49. The molecular formula is C44H54BrN9O13S. The number of azo groups is 1. The maximum Gasteiger partial charge on any atom is 0.295 e. The molecule has 1 aromatic heterocycles. The largest absolute Gasteiger partial charge is 0.394 e. The number of amides is 2. The average molecular weight is 1030 g/mol. The highest BCUT2D eigenvalue weighted by atomic mass is 79.9. The second kappa shape index (κ2) is 23.7. The van der Waals surface area contributed by atoms with Gasteiger partial charge in [-0.25, -0.2) is 4.68 Å². The van der Waals surface area contributed by atoms with Crippen LogP contribution in [0.5, 0.6) is 0 Å². The number of fused-ring (bicyclic) bond motifs is 1. The van der Waals surface area contributed by atoms with Gasteiger partial charge < -0.3 is 60.2 Å². The molecule has 24 heteroatoms. The van der Waals surface area contributed by atoms with E-state index in [4.69, 9.17) is 18.9 Å². The van der Waals surface area contributed by atoms with Gasteiger partial charge in [0.1, 0.15) is 35.0 Å². The van der Waals surface area contributed by atoms with Crippen LogP contribution >= 0.6 is 15.9 Å². The van der Waals surface area contributed by atoms with Crippen molar-refractivity contribution in [1.82, 2.24) is 25.6 Å². The number of rotatable bonds is 23. The van der Waals surface area contributed by atoms with E-state index in [0.29, 0.717) is 39.1 Å². The number of hydrogen-bond acceptors (Lipinski definition) is 18. The number of aromatic nitrogens is 3. The minimum atomic E-state index is -4.48. The third kappa shape index (κ3) is 13.6. The molecule has 0 aliphatic carbocycles. The maximum absolute atomic E-state index is 13.6. The summed E-state index contributed by atoms with van der Waals surface area (Å²) < 4.78 is 56.5. The Morgan fingerprint density at radius 1 is 0.897 bits per heavy atom. The van der Waals surface area contributed by atoms with Gasteiger partial charge in [-0.2, -0.15) is 18.6 Å². The van der Waals surface area contributed by atoms with Gasteiger partial charge in [-0.15, -0.1) is 5.10 Å². The van der Waals surface area contributed by atoms with Crippen LogP contribution in [-0.2, 0) is 46.9 Å². The number of carbonyl (C=O) groups is 2. The molecule has 8 N–H and O–H groups in total. The van der Waals surface area contributed by atoms with Crippen molar-refractivity contribution < 1.29 is 61.9 Å². The first-order chi connectivity index (χ1) is 32.5. The van der Waals surface area contributed by atoms with Crippen molar-refractivity contribution in [3.63, 3.8) is 0 Å². The molecule has 0 bridgehead atoms. The number of ether oxygens (including phenoxy) is 4. The van der Waals surface area contributed by atoms with Crippen LogP contribution < -0.4 is 20.9 Å². The summed E-state index contributed by atoms with van der Waals surface area (Å²) in [4.78, 5) is 28.2. The lowest BCUT2D eigenvalue weighted by Gasteiger charge is -2.42. The number of carbonyl (C=O) groups excluding carboxylic acids is 2. The van der Waals surface area contributed by atoms with Crippen molar-refractivity contribution in [3.05, 3.63) is 102 Å². The standard InChI is InChI=1S/C44H54BrN9O13S/c1-44(45,42(60)47-19-18-46-34-8-4-7-33-32(34)6-5-9-36(33)68(61,62)63)43(67-41-39(58)38(57)37(56)35(26-55)66-41)65-23-22-64-21-20-54-25-30(51-52-54)24-48-40(59)27-10-12-28(13-11-27)49-50-29-14-16-31(17-15-29)53(2)3/h4-17,25,35,37-39,41,43,46,55-58H,18-24,26H2,1-3H3,(H,47,60)(H,48,59)(H,61,62,63)/b50-49+/t35-,37+,38+,39-,41+,43-,44+/m1/s1. The van der Waals surface area contributed by atoms with Crippen molar-refractivity contribution in [1.29, 1.82) is 0 Å². The Bertz CT molecular complexity index is 2600. The van der Waals surface area contributed by atoms with Crippen molar-refractivity contribution >= 4 is 71.4 Å². The second-order valence-corrected chi connectivity index (χ2v) is 18.9. The van der Waals surface area contributed by atoms with Gasteiger partial charge in [0.25, 0.3) is 16.0 Å². The third-order valence-electron chi connectivity index (χ3n) is 10.6. The smallest absolute Gasteiger partial charge is 0.295 e. The van der Waals surface area contributed by atoms with Crippen LogP contribution in [-0.4, -0.2) is 155 Å². The van der Waals surface area contributed by atoms with Gasteiger partial charge in [0, 0.05) is 54.9 Å². The van der Waals surface area contributed by atoms with E-state index in [0.717, 1.165) is 5.69 Å². The molecule has 5 aromatic rings. The number of hydrogen-bond donors (Lipinski definition) is 8.